The van der Waals surface area contributed by atoms with E-state index in [1.807, 2.05) is 12.3 Å². The van der Waals surface area contributed by atoms with Crippen LogP contribution in [0.1, 0.15) is 24.1 Å². The second-order valence-corrected chi connectivity index (χ2v) is 2.80. The van der Waals surface area contributed by atoms with Crippen LogP contribution in [-0.4, -0.2) is 4.98 Å². The molecule has 1 aromatic rings. The summed E-state index contributed by atoms with van der Waals surface area (Å²) >= 11 is 0. The number of nitrogens with one attached hydrogen (secondary N) is 1. The van der Waals surface area contributed by atoms with Gasteiger partial charge in [-0.15, -0.1) is 0 Å². The van der Waals surface area contributed by atoms with Crippen molar-refractivity contribution in [2.75, 3.05) is 0 Å². The van der Waals surface area contributed by atoms with E-state index in [1.54, 1.807) is 0 Å². The summed E-state index contributed by atoms with van der Waals surface area (Å²) in [6, 6.07) is 6.19. The maximum atomic E-state index is 8.42. The Bertz CT molecular complexity index is 305. The third kappa shape index (κ3) is 2.65. The molecule has 0 atom stereocenters. The Balaban J connectivity index is 2.57. The van der Waals surface area contributed by atoms with Crippen LogP contribution < -0.4 is 0 Å². The molecule has 13 heavy (non-hydrogen) atoms. The molecule has 1 rings (SSSR count). The van der Waals surface area contributed by atoms with Gasteiger partial charge in [0.25, 0.3) is 0 Å². The largest absolute Gasteiger partial charge is 0.365 e. The molecule has 0 saturated heterocycles. The number of H-pyrrole nitrogens is 1. The second-order valence-electron chi connectivity index (χ2n) is 2.80. The van der Waals surface area contributed by atoms with Gasteiger partial charge in [-0.05, 0) is 18.1 Å². The van der Waals surface area contributed by atoms with Crippen LogP contribution in [0.15, 0.2) is 12.3 Å². The van der Waals surface area contributed by atoms with Crippen molar-refractivity contribution in [3.05, 3.63) is 23.5 Å². The predicted octanol–water partition coefficient (Wildman–Crippen LogP) is 1.93. The first-order valence-electron chi connectivity index (χ1n) is 4.27. The van der Waals surface area contributed by atoms with E-state index in [-0.39, 0.29) is 0 Å². The minimum absolute atomic E-state index is 0.528. The van der Waals surface area contributed by atoms with E-state index in [4.69, 9.17) is 10.5 Å². The monoisotopic (exact) mass is 173 g/mol. The summed E-state index contributed by atoms with van der Waals surface area (Å²) in [7, 11) is 0. The molecule has 0 fully saturated rings. The molecular formula is C10H11N3. The van der Waals surface area contributed by atoms with Crippen LogP contribution in [0.3, 0.4) is 0 Å². The Morgan fingerprint density at radius 1 is 1.15 bits per heavy atom. The zero-order chi connectivity index (χ0) is 9.52. The normalized spacial score (nSPS) is 9.08. The van der Waals surface area contributed by atoms with Crippen LogP contribution in [0.5, 0.6) is 0 Å². The minimum atomic E-state index is 0.528. The highest BCUT2D eigenvalue weighted by atomic mass is 14.7. The predicted molar refractivity (Wildman–Crippen MR) is 48.7 cm³/mol. The van der Waals surface area contributed by atoms with Gasteiger partial charge in [-0.2, -0.15) is 10.5 Å². The molecule has 1 heterocycles. The molecule has 0 aliphatic carbocycles. The van der Waals surface area contributed by atoms with Crippen LogP contribution in [0.4, 0.5) is 0 Å². The summed E-state index contributed by atoms with van der Waals surface area (Å²) in [5.41, 5.74) is 2.26. The van der Waals surface area contributed by atoms with Gasteiger partial charge in [0.1, 0.15) is 0 Å². The summed E-state index contributed by atoms with van der Waals surface area (Å²) in [6.07, 6.45) is 4.46. The third-order valence-electron chi connectivity index (χ3n) is 1.92. The Labute approximate surface area is 77.6 Å². The van der Waals surface area contributed by atoms with Gasteiger partial charge >= 0.3 is 0 Å². The Hall–Kier alpha value is -1.74. The fourth-order valence-corrected chi connectivity index (χ4v) is 1.27. The van der Waals surface area contributed by atoms with E-state index in [2.05, 4.69) is 17.1 Å². The second kappa shape index (κ2) is 5.00. The van der Waals surface area contributed by atoms with E-state index < -0.39 is 0 Å². The van der Waals surface area contributed by atoms with Gasteiger partial charge in [0.15, 0.2) is 0 Å². The van der Waals surface area contributed by atoms with Crippen molar-refractivity contribution in [2.24, 2.45) is 0 Å². The molecular weight excluding hydrogens is 162 g/mol. The fourth-order valence-electron chi connectivity index (χ4n) is 1.27. The van der Waals surface area contributed by atoms with Gasteiger partial charge < -0.3 is 4.98 Å². The molecule has 1 N–H and O–H groups in total. The molecule has 3 heteroatoms. The summed E-state index contributed by atoms with van der Waals surface area (Å²) in [6.45, 7) is 0. The molecule has 0 saturated carbocycles. The highest BCUT2D eigenvalue weighted by Crippen LogP contribution is 2.10. The lowest BCUT2D eigenvalue weighted by molar-refractivity contribution is 0.913. The zero-order valence-electron chi connectivity index (χ0n) is 7.38. The lowest BCUT2D eigenvalue weighted by Gasteiger charge is -1.97. The Morgan fingerprint density at radius 3 is 2.54 bits per heavy atom. The lowest BCUT2D eigenvalue weighted by Crippen LogP contribution is -1.91. The van der Waals surface area contributed by atoms with Gasteiger partial charge in [-0.3, -0.25) is 0 Å². The quantitative estimate of drug-likeness (QED) is 0.756. The van der Waals surface area contributed by atoms with Gasteiger partial charge in [0.2, 0.25) is 0 Å². The number of nitrogens with zero attached hydrogens (tertiary/aromatic N) is 2. The van der Waals surface area contributed by atoms with Crippen molar-refractivity contribution in [3.8, 4) is 12.1 Å². The third-order valence-corrected chi connectivity index (χ3v) is 1.92. The van der Waals surface area contributed by atoms with Crippen molar-refractivity contribution >= 4 is 0 Å². The van der Waals surface area contributed by atoms with Crippen molar-refractivity contribution in [1.29, 1.82) is 10.5 Å². The number of hydrogen-bond acceptors (Lipinski definition) is 2. The van der Waals surface area contributed by atoms with E-state index in [0.29, 0.717) is 12.8 Å². The van der Waals surface area contributed by atoms with E-state index in [9.17, 15) is 0 Å². The smallest absolute Gasteiger partial charge is 0.0625 e. The number of rotatable bonds is 4. The van der Waals surface area contributed by atoms with Crippen molar-refractivity contribution in [3.63, 3.8) is 0 Å². The maximum Gasteiger partial charge on any atom is 0.0625 e. The number of nitriles is 2. The highest BCUT2D eigenvalue weighted by Gasteiger charge is 2.02. The minimum Gasteiger partial charge on any atom is -0.365 e. The topological polar surface area (TPSA) is 63.4 Å². The summed E-state index contributed by atoms with van der Waals surface area (Å²) in [5, 5.41) is 16.8. The van der Waals surface area contributed by atoms with Crippen LogP contribution in [0.25, 0.3) is 0 Å². The van der Waals surface area contributed by atoms with Gasteiger partial charge in [0.05, 0.1) is 12.1 Å². The molecule has 0 unspecified atom stereocenters. The molecule has 0 radical (unpaired) electrons. The van der Waals surface area contributed by atoms with Crippen LogP contribution in [0.2, 0.25) is 0 Å². The molecule has 0 aromatic carbocycles. The van der Waals surface area contributed by atoms with Crippen LogP contribution in [0, 0.1) is 22.7 Å². The van der Waals surface area contributed by atoms with E-state index in [1.165, 1.54) is 0 Å². The van der Waals surface area contributed by atoms with Crippen molar-refractivity contribution in [1.82, 2.24) is 4.98 Å². The first-order valence-corrected chi connectivity index (χ1v) is 4.27. The molecule has 1 aromatic heterocycles. The average Bonchev–Trinajstić information content (AvgIpc) is 2.59. The molecule has 0 bridgehead atoms. The van der Waals surface area contributed by atoms with Crippen molar-refractivity contribution in [2.45, 2.75) is 25.7 Å². The molecule has 0 aliphatic heterocycles. The number of hydrogen-bond donors (Lipinski definition) is 1. The average molecular weight is 173 g/mol. The number of aryl methyl sites for hydroxylation is 2. The summed E-state index contributed by atoms with van der Waals surface area (Å²) in [5.74, 6) is 0. The van der Waals surface area contributed by atoms with Gasteiger partial charge in [-0.1, -0.05) is 0 Å². The number of aromatic nitrogens is 1. The van der Waals surface area contributed by atoms with E-state index in [0.717, 1.165) is 24.1 Å². The first-order chi connectivity index (χ1) is 6.38. The van der Waals surface area contributed by atoms with Gasteiger partial charge in [0, 0.05) is 31.2 Å². The maximum absolute atomic E-state index is 8.42. The van der Waals surface area contributed by atoms with Crippen LogP contribution >= 0.6 is 0 Å². The molecule has 0 aliphatic rings. The Morgan fingerprint density at radius 2 is 1.85 bits per heavy atom. The number of aromatic amines is 1. The van der Waals surface area contributed by atoms with Gasteiger partial charge in [-0.25, -0.2) is 0 Å². The van der Waals surface area contributed by atoms with Crippen molar-refractivity contribution < 1.29 is 0 Å². The molecule has 0 spiro atoms. The molecule has 0 amide bonds. The summed E-state index contributed by atoms with van der Waals surface area (Å²) < 4.78 is 0. The SMILES string of the molecule is N#CCCc1cc[nH]c1CCC#N. The summed E-state index contributed by atoms with van der Waals surface area (Å²) in [4.78, 5) is 3.09. The lowest BCUT2D eigenvalue weighted by atomic mass is 10.1. The molecule has 66 valence electrons. The standard InChI is InChI=1S/C10H11N3/c11-6-1-3-9-5-8-13-10(9)4-2-7-12/h5,8,13H,1-4H2. The Kier molecular flexibility index (Phi) is 3.60. The zero-order valence-corrected chi connectivity index (χ0v) is 7.38. The molecule has 3 nitrogen and oxygen atoms in total. The first kappa shape index (κ1) is 9.35. The fraction of sp³-hybridized carbons (Fsp3) is 0.400. The van der Waals surface area contributed by atoms with Crippen LogP contribution in [-0.2, 0) is 12.8 Å². The van der Waals surface area contributed by atoms with E-state index >= 15 is 0 Å². The highest BCUT2D eigenvalue weighted by molar-refractivity contribution is 5.21.